The zero-order valence-corrected chi connectivity index (χ0v) is 11.7. The molecule has 1 atom stereocenters. The molecule has 1 aromatic heterocycles. The van der Waals surface area contributed by atoms with Crippen molar-refractivity contribution >= 4 is 11.6 Å². The number of amides is 1. The maximum Gasteiger partial charge on any atom is 0.241 e. The Kier molecular flexibility index (Phi) is 4.20. The Morgan fingerprint density at radius 3 is 2.86 bits per heavy atom. The molecule has 110 valence electrons. The van der Waals surface area contributed by atoms with Gasteiger partial charge in [0.2, 0.25) is 5.91 Å². The lowest BCUT2D eigenvalue weighted by atomic mass is 10.1. The van der Waals surface area contributed by atoms with E-state index in [0.717, 1.165) is 37.2 Å². The van der Waals surface area contributed by atoms with E-state index in [1.54, 1.807) is 4.68 Å². The van der Waals surface area contributed by atoms with Crippen molar-refractivity contribution in [2.45, 2.75) is 31.7 Å². The average molecular weight is 286 g/mol. The highest BCUT2D eigenvalue weighted by Gasteiger charge is 2.19. The number of nitrogens with zero attached hydrogens (tertiary/aromatic N) is 4. The minimum atomic E-state index is -0.0910. The van der Waals surface area contributed by atoms with Gasteiger partial charge in [0, 0.05) is 5.69 Å². The summed E-state index contributed by atoms with van der Waals surface area (Å²) in [7, 11) is 0. The second kappa shape index (κ2) is 6.45. The molecule has 1 fully saturated rings. The van der Waals surface area contributed by atoms with E-state index in [1.165, 1.54) is 12.7 Å². The fraction of sp³-hybridized carbons (Fsp3) is 0.429. The highest BCUT2D eigenvalue weighted by molar-refractivity contribution is 5.94. The summed E-state index contributed by atoms with van der Waals surface area (Å²) in [4.78, 5) is 12.2. The average Bonchev–Trinajstić information content (AvgIpc) is 2.90. The monoisotopic (exact) mass is 286 g/mol. The summed E-state index contributed by atoms with van der Waals surface area (Å²) in [6, 6.07) is 7.35. The number of tetrazole rings is 1. The van der Waals surface area contributed by atoms with Gasteiger partial charge in [-0.15, -0.1) is 5.10 Å². The molecule has 1 saturated heterocycles. The van der Waals surface area contributed by atoms with Crippen LogP contribution in [0.5, 0.6) is 0 Å². The van der Waals surface area contributed by atoms with Crippen LogP contribution in [0.15, 0.2) is 30.6 Å². The Morgan fingerprint density at radius 1 is 1.24 bits per heavy atom. The standard InChI is InChI=1S/C14H18N6O/c21-14(13-4-2-1-3-9-15-13)17-11-5-7-12(8-6-11)20-10-16-18-19-20/h5-8,10,13,15H,1-4,9H2,(H,17,21). The third-order valence-corrected chi connectivity index (χ3v) is 3.63. The largest absolute Gasteiger partial charge is 0.325 e. The van der Waals surface area contributed by atoms with E-state index in [0.29, 0.717) is 0 Å². The lowest BCUT2D eigenvalue weighted by Crippen LogP contribution is -2.39. The summed E-state index contributed by atoms with van der Waals surface area (Å²) in [5.41, 5.74) is 1.63. The second-order valence-electron chi connectivity index (χ2n) is 5.15. The van der Waals surface area contributed by atoms with E-state index in [-0.39, 0.29) is 11.9 Å². The smallest absolute Gasteiger partial charge is 0.241 e. The number of aromatic nitrogens is 4. The zero-order chi connectivity index (χ0) is 14.5. The molecule has 0 spiro atoms. The van der Waals surface area contributed by atoms with Crippen molar-refractivity contribution < 1.29 is 4.79 Å². The lowest BCUT2D eigenvalue weighted by Gasteiger charge is -2.15. The predicted octanol–water partition coefficient (Wildman–Crippen LogP) is 1.13. The Labute approximate surface area is 122 Å². The number of hydrogen-bond donors (Lipinski definition) is 2. The molecule has 1 amide bonds. The first kappa shape index (κ1) is 13.7. The van der Waals surface area contributed by atoms with Gasteiger partial charge in [0.25, 0.3) is 0 Å². The molecule has 21 heavy (non-hydrogen) atoms. The van der Waals surface area contributed by atoms with Crippen LogP contribution in [0.25, 0.3) is 5.69 Å². The Morgan fingerprint density at radius 2 is 2.10 bits per heavy atom. The van der Waals surface area contributed by atoms with Crippen LogP contribution in [0, 0.1) is 0 Å². The minimum absolute atomic E-state index is 0.0343. The van der Waals surface area contributed by atoms with Gasteiger partial charge in [-0.1, -0.05) is 12.8 Å². The third-order valence-electron chi connectivity index (χ3n) is 3.63. The molecule has 1 aliphatic rings. The molecule has 3 rings (SSSR count). The maximum atomic E-state index is 12.2. The van der Waals surface area contributed by atoms with E-state index < -0.39 is 0 Å². The van der Waals surface area contributed by atoms with Crippen molar-refractivity contribution in [3.05, 3.63) is 30.6 Å². The van der Waals surface area contributed by atoms with Crippen molar-refractivity contribution in [3.63, 3.8) is 0 Å². The minimum Gasteiger partial charge on any atom is -0.325 e. The van der Waals surface area contributed by atoms with Crippen LogP contribution in [0.1, 0.15) is 25.7 Å². The molecule has 0 saturated carbocycles. The van der Waals surface area contributed by atoms with Crippen LogP contribution >= 0.6 is 0 Å². The van der Waals surface area contributed by atoms with Crippen LogP contribution < -0.4 is 10.6 Å². The van der Waals surface area contributed by atoms with Gasteiger partial charge in [-0.25, -0.2) is 4.68 Å². The SMILES string of the molecule is O=C(Nc1ccc(-n2cnnn2)cc1)C1CCCCCN1. The molecule has 7 heteroatoms. The highest BCUT2D eigenvalue weighted by Crippen LogP contribution is 2.14. The van der Waals surface area contributed by atoms with E-state index >= 15 is 0 Å². The molecule has 1 aliphatic heterocycles. The van der Waals surface area contributed by atoms with Crippen LogP contribution in [0.4, 0.5) is 5.69 Å². The third kappa shape index (κ3) is 3.43. The second-order valence-corrected chi connectivity index (χ2v) is 5.15. The van der Waals surface area contributed by atoms with Gasteiger partial charge in [0.15, 0.2) is 0 Å². The van der Waals surface area contributed by atoms with Gasteiger partial charge >= 0.3 is 0 Å². The molecular weight excluding hydrogens is 268 g/mol. The summed E-state index contributed by atoms with van der Waals surface area (Å²) >= 11 is 0. The van der Waals surface area contributed by atoms with E-state index in [9.17, 15) is 4.79 Å². The molecule has 0 radical (unpaired) electrons. The first-order chi connectivity index (χ1) is 10.3. The van der Waals surface area contributed by atoms with Gasteiger partial charge in [-0.3, -0.25) is 4.79 Å². The van der Waals surface area contributed by atoms with Gasteiger partial charge in [0.05, 0.1) is 11.7 Å². The molecule has 2 N–H and O–H groups in total. The van der Waals surface area contributed by atoms with Crippen molar-refractivity contribution in [2.24, 2.45) is 0 Å². The van der Waals surface area contributed by atoms with E-state index in [1.807, 2.05) is 24.3 Å². The molecule has 2 heterocycles. The van der Waals surface area contributed by atoms with Crippen molar-refractivity contribution in [3.8, 4) is 5.69 Å². The topological polar surface area (TPSA) is 84.7 Å². The Balaban J connectivity index is 1.63. The summed E-state index contributed by atoms with van der Waals surface area (Å²) in [6.07, 6.45) is 5.86. The van der Waals surface area contributed by atoms with Crippen molar-refractivity contribution in [1.29, 1.82) is 0 Å². The molecule has 0 bridgehead atoms. The number of benzene rings is 1. The lowest BCUT2D eigenvalue weighted by molar-refractivity contribution is -0.118. The maximum absolute atomic E-state index is 12.2. The van der Waals surface area contributed by atoms with Crippen LogP contribution in [0.3, 0.4) is 0 Å². The Bertz CT molecular complexity index is 572. The molecule has 2 aromatic rings. The molecular formula is C14H18N6O. The van der Waals surface area contributed by atoms with Crippen molar-refractivity contribution in [2.75, 3.05) is 11.9 Å². The van der Waals surface area contributed by atoms with Gasteiger partial charge in [0.1, 0.15) is 6.33 Å². The van der Waals surface area contributed by atoms with Crippen LogP contribution in [0.2, 0.25) is 0 Å². The number of anilines is 1. The zero-order valence-electron chi connectivity index (χ0n) is 11.7. The number of rotatable bonds is 3. The Hall–Kier alpha value is -2.28. The van der Waals surface area contributed by atoms with Gasteiger partial charge in [-0.05, 0) is 54.1 Å². The van der Waals surface area contributed by atoms with E-state index in [2.05, 4.69) is 26.2 Å². The normalized spacial score (nSPS) is 19.0. The number of hydrogen-bond acceptors (Lipinski definition) is 5. The number of carbonyl (C=O) groups excluding carboxylic acids is 1. The summed E-state index contributed by atoms with van der Waals surface area (Å²) in [5.74, 6) is 0.0343. The van der Waals surface area contributed by atoms with Crippen molar-refractivity contribution in [1.82, 2.24) is 25.5 Å². The first-order valence-corrected chi connectivity index (χ1v) is 7.20. The molecule has 1 aromatic carbocycles. The van der Waals surface area contributed by atoms with E-state index in [4.69, 9.17) is 0 Å². The first-order valence-electron chi connectivity index (χ1n) is 7.20. The summed E-state index contributed by atoms with van der Waals surface area (Å²) < 4.78 is 1.57. The fourth-order valence-electron chi connectivity index (χ4n) is 2.46. The molecule has 7 nitrogen and oxygen atoms in total. The summed E-state index contributed by atoms with van der Waals surface area (Å²) in [6.45, 7) is 0.913. The summed E-state index contributed by atoms with van der Waals surface area (Å²) in [5, 5.41) is 17.2. The van der Waals surface area contributed by atoms with Gasteiger partial charge in [-0.2, -0.15) is 0 Å². The fourth-order valence-corrected chi connectivity index (χ4v) is 2.46. The molecule has 1 unspecified atom stereocenters. The number of nitrogens with one attached hydrogen (secondary N) is 2. The van der Waals surface area contributed by atoms with Crippen LogP contribution in [-0.2, 0) is 4.79 Å². The molecule has 0 aliphatic carbocycles. The quantitative estimate of drug-likeness (QED) is 0.883. The highest BCUT2D eigenvalue weighted by atomic mass is 16.2. The number of carbonyl (C=O) groups is 1. The van der Waals surface area contributed by atoms with Crippen LogP contribution in [-0.4, -0.2) is 38.7 Å². The van der Waals surface area contributed by atoms with Gasteiger partial charge < -0.3 is 10.6 Å². The predicted molar refractivity (Wildman–Crippen MR) is 78.0 cm³/mol.